The molecule has 32 heavy (non-hydrogen) atoms. The fraction of sp³-hybridized carbons (Fsp3) is 0.375. The van der Waals surface area contributed by atoms with Gasteiger partial charge in [0.15, 0.2) is 11.7 Å². The first-order valence-corrected chi connectivity index (χ1v) is 10.3. The SMILES string of the molecule is CCOC(=O)OC(C#Cc1ccccc1CC(C(=O)OCC)C(=O)OCC)c1ccco1. The first-order valence-electron chi connectivity index (χ1n) is 10.3. The summed E-state index contributed by atoms with van der Waals surface area (Å²) < 4.78 is 25.5. The molecule has 1 aromatic heterocycles. The highest BCUT2D eigenvalue weighted by molar-refractivity contribution is 5.95. The van der Waals surface area contributed by atoms with Crippen LogP contribution in [0.25, 0.3) is 0 Å². The molecule has 1 heterocycles. The first-order chi connectivity index (χ1) is 15.5. The molecule has 0 N–H and O–H groups in total. The average Bonchev–Trinajstić information content (AvgIpc) is 3.31. The molecule has 2 rings (SSSR count). The Morgan fingerprint density at radius 1 is 0.906 bits per heavy atom. The van der Waals surface area contributed by atoms with Gasteiger partial charge < -0.3 is 23.4 Å². The Hall–Kier alpha value is -3.73. The molecule has 0 saturated carbocycles. The Labute approximate surface area is 186 Å². The molecule has 1 aromatic carbocycles. The molecule has 0 radical (unpaired) electrons. The van der Waals surface area contributed by atoms with Crippen LogP contribution in [0.2, 0.25) is 0 Å². The second-order valence-electron chi connectivity index (χ2n) is 6.38. The van der Waals surface area contributed by atoms with Gasteiger partial charge in [-0.2, -0.15) is 0 Å². The van der Waals surface area contributed by atoms with Crippen molar-refractivity contribution in [3.63, 3.8) is 0 Å². The number of esters is 2. The minimum atomic E-state index is -1.12. The third kappa shape index (κ3) is 7.20. The number of rotatable bonds is 9. The molecule has 0 aliphatic carbocycles. The Morgan fingerprint density at radius 2 is 1.56 bits per heavy atom. The Kier molecular flexibility index (Phi) is 9.85. The maximum absolute atomic E-state index is 12.3. The van der Waals surface area contributed by atoms with Crippen LogP contribution in [0.3, 0.4) is 0 Å². The van der Waals surface area contributed by atoms with E-state index >= 15 is 0 Å². The summed E-state index contributed by atoms with van der Waals surface area (Å²) in [6.45, 7) is 5.44. The molecule has 0 aliphatic heterocycles. The summed E-state index contributed by atoms with van der Waals surface area (Å²) in [4.78, 5) is 36.5. The van der Waals surface area contributed by atoms with Crippen molar-refractivity contribution in [3.8, 4) is 11.8 Å². The molecule has 8 heteroatoms. The van der Waals surface area contributed by atoms with Gasteiger partial charge in [0.1, 0.15) is 0 Å². The van der Waals surface area contributed by atoms with Crippen molar-refractivity contribution in [2.24, 2.45) is 5.92 Å². The molecule has 2 aromatic rings. The third-order valence-corrected chi connectivity index (χ3v) is 4.20. The highest BCUT2D eigenvalue weighted by Gasteiger charge is 2.30. The molecular weight excluding hydrogens is 416 g/mol. The predicted molar refractivity (Wildman–Crippen MR) is 113 cm³/mol. The normalized spacial score (nSPS) is 11.1. The lowest BCUT2D eigenvalue weighted by Crippen LogP contribution is -2.30. The lowest BCUT2D eigenvalue weighted by atomic mass is 9.95. The number of furan rings is 1. The van der Waals surface area contributed by atoms with Gasteiger partial charge in [-0.15, -0.1) is 0 Å². The fourth-order valence-corrected chi connectivity index (χ4v) is 2.78. The van der Waals surface area contributed by atoms with Crippen LogP contribution in [-0.4, -0.2) is 37.9 Å². The second-order valence-corrected chi connectivity index (χ2v) is 6.38. The van der Waals surface area contributed by atoms with Crippen molar-refractivity contribution in [1.29, 1.82) is 0 Å². The van der Waals surface area contributed by atoms with Gasteiger partial charge in [-0.25, -0.2) is 4.79 Å². The maximum atomic E-state index is 12.3. The van der Waals surface area contributed by atoms with Crippen LogP contribution in [0, 0.1) is 17.8 Å². The van der Waals surface area contributed by atoms with Gasteiger partial charge in [0.05, 0.1) is 26.1 Å². The summed E-state index contributed by atoms with van der Waals surface area (Å²) >= 11 is 0. The molecule has 0 aliphatic rings. The van der Waals surface area contributed by atoms with Crippen molar-refractivity contribution >= 4 is 18.1 Å². The molecule has 0 saturated heterocycles. The zero-order valence-corrected chi connectivity index (χ0v) is 18.3. The summed E-state index contributed by atoms with van der Waals surface area (Å²) in [6.07, 6.45) is -0.383. The topological polar surface area (TPSA) is 101 Å². The van der Waals surface area contributed by atoms with E-state index < -0.39 is 30.1 Å². The fourth-order valence-electron chi connectivity index (χ4n) is 2.78. The van der Waals surface area contributed by atoms with Crippen LogP contribution in [0.1, 0.15) is 43.8 Å². The molecule has 0 bridgehead atoms. The van der Waals surface area contributed by atoms with E-state index in [4.69, 9.17) is 23.4 Å². The lowest BCUT2D eigenvalue weighted by Gasteiger charge is -2.15. The van der Waals surface area contributed by atoms with Crippen molar-refractivity contribution in [2.75, 3.05) is 19.8 Å². The molecular formula is C24H26O8. The highest BCUT2D eigenvalue weighted by atomic mass is 16.7. The van der Waals surface area contributed by atoms with Crippen molar-refractivity contribution in [1.82, 2.24) is 0 Å². The maximum Gasteiger partial charge on any atom is 0.509 e. The van der Waals surface area contributed by atoms with Crippen LogP contribution >= 0.6 is 0 Å². The van der Waals surface area contributed by atoms with E-state index in [9.17, 15) is 14.4 Å². The number of hydrogen-bond acceptors (Lipinski definition) is 8. The van der Waals surface area contributed by atoms with Gasteiger partial charge >= 0.3 is 18.1 Å². The van der Waals surface area contributed by atoms with E-state index in [1.165, 1.54) is 6.26 Å². The molecule has 0 spiro atoms. The van der Waals surface area contributed by atoms with Crippen LogP contribution < -0.4 is 0 Å². The van der Waals surface area contributed by atoms with Crippen LogP contribution in [0.5, 0.6) is 0 Å². The highest BCUT2D eigenvalue weighted by Crippen LogP contribution is 2.20. The van der Waals surface area contributed by atoms with Gasteiger partial charge in [-0.05, 0) is 56.9 Å². The molecule has 0 fully saturated rings. The standard InChI is InChI=1S/C24H26O8/c1-4-28-22(25)19(23(26)29-5-2)16-18-11-8-7-10-17(18)13-14-21(20-12-9-15-31-20)32-24(27)30-6-3/h7-12,15,19,21H,4-6,16H2,1-3H3. The van der Waals surface area contributed by atoms with E-state index in [0.29, 0.717) is 16.9 Å². The average molecular weight is 442 g/mol. The Morgan fingerprint density at radius 3 is 2.16 bits per heavy atom. The van der Waals surface area contributed by atoms with E-state index in [1.807, 2.05) is 0 Å². The minimum Gasteiger partial charge on any atom is -0.465 e. The van der Waals surface area contributed by atoms with Gasteiger partial charge in [-0.1, -0.05) is 24.1 Å². The van der Waals surface area contributed by atoms with E-state index in [-0.39, 0.29) is 26.2 Å². The molecule has 1 atom stereocenters. The number of carbonyl (C=O) groups excluding carboxylic acids is 3. The first kappa shape index (κ1) is 24.5. The summed E-state index contributed by atoms with van der Waals surface area (Å²) in [5.41, 5.74) is 1.19. The second kappa shape index (κ2) is 12.8. The van der Waals surface area contributed by atoms with E-state index in [2.05, 4.69) is 11.8 Å². The summed E-state index contributed by atoms with van der Waals surface area (Å²) in [5, 5.41) is 0. The van der Waals surface area contributed by atoms with E-state index in [1.54, 1.807) is 57.2 Å². The largest absolute Gasteiger partial charge is 0.509 e. The van der Waals surface area contributed by atoms with Crippen molar-refractivity contribution in [2.45, 2.75) is 33.3 Å². The molecule has 170 valence electrons. The predicted octanol–water partition coefficient (Wildman–Crippen LogP) is 3.83. The Bertz CT molecular complexity index is 934. The lowest BCUT2D eigenvalue weighted by molar-refractivity contribution is -0.161. The zero-order valence-electron chi connectivity index (χ0n) is 18.3. The number of ether oxygens (including phenoxy) is 4. The third-order valence-electron chi connectivity index (χ3n) is 4.20. The molecule has 8 nitrogen and oxygen atoms in total. The van der Waals surface area contributed by atoms with Gasteiger partial charge in [0, 0.05) is 5.56 Å². The molecule has 0 amide bonds. The van der Waals surface area contributed by atoms with Gasteiger partial charge in [0.25, 0.3) is 0 Å². The summed E-state index contributed by atoms with van der Waals surface area (Å²) in [7, 11) is 0. The van der Waals surface area contributed by atoms with Gasteiger partial charge in [0.2, 0.25) is 6.10 Å². The minimum absolute atomic E-state index is 0.0483. The van der Waals surface area contributed by atoms with Gasteiger partial charge in [-0.3, -0.25) is 9.59 Å². The van der Waals surface area contributed by atoms with Crippen molar-refractivity contribution in [3.05, 3.63) is 59.5 Å². The number of carbonyl (C=O) groups is 3. The quantitative estimate of drug-likeness (QED) is 0.250. The smallest absolute Gasteiger partial charge is 0.465 e. The van der Waals surface area contributed by atoms with Crippen LogP contribution in [-0.2, 0) is 35.0 Å². The summed E-state index contributed by atoms with van der Waals surface area (Å²) in [5.74, 6) is 3.70. The summed E-state index contributed by atoms with van der Waals surface area (Å²) in [6, 6.07) is 10.3. The Balaban J connectivity index is 2.32. The monoisotopic (exact) mass is 442 g/mol. The van der Waals surface area contributed by atoms with Crippen molar-refractivity contribution < 1.29 is 37.7 Å². The number of hydrogen-bond donors (Lipinski definition) is 0. The number of benzene rings is 1. The van der Waals surface area contributed by atoms with Crippen LogP contribution in [0.15, 0.2) is 47.1 Å². The molecule has 1 unspecified atom stereocenters. The van der Waals surface area contributed by atoms with Crippen LogP contribution in [0.4, 0.5) is 4.79 Å². The van der Waals surface area contributed by atoms with E-state index in [0.717, 1.165) is 0 Å². The zero-order chi connectivity index (χ0) is 23.3.